The van der Waals surface area contributed by atoms with Gasteiger partial charge in [0.25, 0.3) is 0 Å². The minimum atomic E-state index is 0.0870. The van der Waals surface area contributed by atoms with Gasteiger partial charge in [-0.05, 0) is 49.4 Å². The third-order valence-electron chi connectivity index (χ3n) is 4.49. The Morgan fingerprint density at radius 3 is 2.86 bits per heavy atom. The molecule has 0 bridgehead atoms. The van der Waals surface area contributed by atoms with Crippen LogP contribution in [-0.2, 0) is 0 Å². The van der Waals surface area contributed by atoms with E-state index in [0.717, 1.165) is 37.1 Å². The first-order chi connectivity index (χ1) is 10.8. The molecule has 5 heteroatoms. The number of rotatable bonds is 6. The average Bonchev–Trinajstić information content (AvgIpc) is 2.93. The molecule has 1 aliphatic carbocycles. The lowest BCUT2D eigenvalue weighted by atomic mass is 9.94. The van der Waals surface area contributed by atoms with Gasteiger partial charge in [-0.2, -0.15) is 0 Å². The van der Waals surface area contributed by atoms with Crippen molar-refractivity contribution in [1.82, 2.24) is 5.14 Å². The summed E-state index contributed by atoms with van der Waals surface area (Å²) >= 11 is 2.72. The fraction of sp³-hybridized carbons (Fsp3) is 0.647. The minimum Gasteiger partial charge on any atom is -0.494 e. The largest absolute Gasteiger partial charge is 0.494 e. The van der Waals surface area contributed by atoms with E-state index in [1.807, 2.05) is 0 Å². The van der Waals surface area contributed by atoms with Gasteiger partial charge in [-0.15, -0.1) is 0 Å². The summed E-state index contributed by atoms with van der Waals surface area (Å²) in [5, 5.41) is 9.70. The van der Waals surface area contributed by atoms with E-state index < -0.39 is 0 Å². The highest BCUT2D eigenvalue weighted by atomic mass is 32.2. The quantitative estimate of drug-likeness (QED) is 0.534. The second-order valence-corrected chi connectivity index (χ2v) is 8.14. The zero-order valence-corrected chi connectivity index (χ0v) is 14.8. The Morgan fingerprint density at radius 2 is 2.14 bits per heavy atom. The first kappa shape index (κ1) is 16.3. The number of thioether (sulfide) groups is 1. The average molecular weight is 337 g/mol. The third-order valence-corrected chi connectivity index (χ3v) is 6.45. The molecule has 1 aliphatic heterocycles. The molecule has 0 N–H and O–H groups in total. The molecule has 1 aromatic carbocycles. The second kappa shape index (κ2) is 7.84. The first-order valence-corrected chi connectivity index (χ1v) is 10.1. The minimum absolute atomic E-state index is 0.0870. The number of hydrogen-bond acceptors (Lipinski definition) is 4. The van der Waals surface area contributed by atoms with Crippen molar-refractivity contribution in [3.63, 3.8) is 0 Å². The maximum Gasteiger partial charge on any atom is 0.144 e. The molecule has 1 aromatic rings. The molecule has 3 rings (SSSR count). The topological polar surface area (TPSA) is 34.8 Å². The summed E-state index contributed by atoms with van der Waals surface area (Å²) in [6, 6.07) is 6.96. The summed E-state index contributed by atoms with van der Waals surface area (Å²) in [6.45, 7) is 2.96. The second-order valence-electron chi connectivity index (χ2n) is 6.06. The molecule has 22 heavy (non-hydrogen) atoms. The molecule has 1 unspecified atom stereocenters. The lowest BCUT2D eigenvalue weighted by molar-refractivity contribution is 0.308. The molecule has 0 aromatic heterocycles. The fourth-order valence-corrected chi connectivity index (χ4v) is 5.27. The van der Waals surface area contributed by atoms with Crippen LogP contribution in [0.2, 0.25) is 0 Å². The summed E-state index contributed by atoms with van der Waals surface area (Å²) in [4.78, 5) is 3.67. The standard InChI is InChI=1S/C17H24N2OS2/c1-2-3-11-20-14-9-10-15-16(12-14)21-17(22-18)19(15)13-7-5-4-6-8-13/h9-10,12-13,17H,2-8,11H2,1H3. The van der Waals surface area contributed by atoms with Crippen molar-refractivity contribution in [2.75, 3.05) is 11.5 Å². The molecule has 1 atom stereocenters. The predicted molar refractivity (Wildman–Crippen MR) is 95.6 cm³/mol. The number of anilines is 1. The summed E-state index contributed by atoms with van der Waals surface area (Å²) in [5.74, 6) is 0.951. The molecule has 1 fully saturated rings. The van der Waals surface area contributed by atoms with Gasteiger partial charge < -0.3 is 9.64 Å². The van der Waals surface area contributed by atoms with E-state index in [9.17, 15) is 5.14 Å². The Bertz CT molecular complexity index is 492. The normalized spacial score (nSPS) is 21.9. The number of nitrogens with zero attached hydrogens (tertiary/aromatic N) is 2. The van der Waals surface area contributed by atoms with Crippen molar-refractivity contribution in [3.05, 3.63) is 18.2 Å². The van der Waals surface area contributed by atoms with E-state index >= 15 is 0 Å². The van der Waals surface area contributed by atoms with E-state index in [0.29, 0.717) is 6.04 Å². The van der Waals surface area contributed by atoms with Gasteiger partial charge in [0.2, 0.25) is 0 Å². The molecule has 3 nitrogen and oxygen atoms in total. The van der Waals surface area contributed by atoms with Crippen molar-refractivity contribution in [1.29, 1.82) is 0 Å². The molecule has 0 amide bonds. The highest BCUT2D eigenvalue weighted by Crippen LogP contribution is 2.50. The van der Waals surface area contributed by atoms with Crippen LogP contribution in [0.25, 0.3) is 0 Å². The van der Waals surface area contributed by atoms with Crippen molar-refractivity contribution < 1.29 is 4.74 Å². The SMILES string of the molecule is CCCCOc1ccc2c(c1)SC(S[N])N2C1CCCCC1. The molecule has 0 saturated heterocycles. The first-order valence-electron chi connectivity index (χ1n) is 8.35. The molecule has 1 heterocycles. The Morgan fingerprint density at radius 1 is 1.32 bits per heavy atom. The zero-order chi connectivity index (χ0) is 15.4. The Hall–Kier alpha value is -0.520. The van der Waals surface area contributed by atoms with Crippen molar-refractivity contribution in [2.45, 2.75) is 67.5 Å². The fourth-order valence-electron chi connectivity index (χ4n) is 3.31. The smallest absolute Gasteiger partial charge is 0.144 e. The van der Waals surface area contributed by atoms with Gasteiger partial charge in [-0.1, -0.05) is 49.5 Å². The predicted octanol–water partition coefficient (Wildman–Crippen LogP) is 5.11. The number of unbranched alkanes of at least 4 members (excludes halogenated alkanes) is 1. The van der Waals surface area contributed by atoms with Crippen LogP contribution < -0.4 is 14.8 Å². The third kappa shape index (κ3) is 3.52. The lowest BCUT2D eigenvalue weighted by Crippen LogP contribution is -2.39. The molecule has 1 saturated carbocycles. The van der Waals surface area contributed by atoms with Gasteiger partial charge in [0, 0.05) is 10.9 Å². The molecular weight excluding hydrogens is 312 g/mol. The molecule has 2 aliphatic rings. The Balaban J connectivity index is 1.76. The summed E-state index contributed by atoms with van der Waals surface area (Å²) in [6.07, 6.45) is 8.69. The van der Waals surface area contributed by atoms with Crippen LogP contribution in [0.3, 0.4) is 0 Å². The molecule has 2 radical (unpaired) electrons. The summed E-state index contributed by atoms with van der Waals surface area (Å²) < 4.78 is 5.91. The lowest BCUT2D eigenvalue weighted by Gasteiger charge is -2.35. The van der Waals surface area contributed by atoms with Crippen molar-refractivity contribution in [3.8, 4) is 5.75 Å². The number of hydrogen-bond donors (Lipinski definition) is 0. The highest BCUT2D eigenvalue weighted by molar-refractivity contribution is 8.16. The van der Waals surface area contributed by atoms with Crippen LogP contribution in [0.15, 0.2) is 23.1 Å². The monoisotopic (exact) mass is 336 g/mol. The molecule has 0 spiro atoms. The van der Waals surface area contributed by atoms with Gasteiger partial charge in [0.1, 0.15) is 10.5 Å². The van der Waals surface area contributed by atoms with Crippen LogP contribution in [-0.4, -0.2) is 17.4 Å². The van der Waals surface area contributed by atoms with Gasteiger partial charge in [-0.3, -0.25) is 0 Å². The van der Waals surface area contributed by atoms with Crippen LogP contribution in [0.1, 0.15) is 51.9 Å². The van der Waals surface area contributed by atoms with Gasteiger partial charge in [0.05, 0.1) is 12.3 Å². The van der Waals surface area contributed by atoms with E-state index in [1.54, 1.807) is 11.8 Å². The molecular formula is C17H24N2OS2. The van der Waals surface area contributed by atoms with E-state index in [2.05, 4.69) is 30.0 Å². The summed E-state index contributed by atoms with van der Waals surface area (Å²) in [5.41, 5.74) is 1.27. The number of benzene rings is 1. The van der Waals surface area contributed by atoms with Crippen LogP contribution in [0.5, 0.6) is 5.75 Å². The van der Waals surface area contributed by atoms with Gasteiger partial charge in [0.15, 0.2) is 0 Å². The Labute approximate surface area is 142 Å². The number of fused-ring (bicyclic) bond motifs is 1. The molecule has 120 valence electrons. The van der Waals surface area contributed by atoms with E-state index in [4.69, 9.17) is 4.74 Å². The van der Waals surface area contributed by atoms with Crippen molar-refractivity contribution in [2.24, 2.45) is 0 Å². The maximum absolute atomic E-state index is 9.70. The zero-order valence-electron chi connectivity index (χ0n) is 13.2. The van der Waals surface area contributed by atoms with E-state index in [-0.39, 0.29) is 4.71 Å². The van der Waals surface area contributed by atoms with E-state index in [1.165, 1.54) is 42.7 Å². The maximum atomic E-state index is 9.70. The van der Waals surface area contributed by atoms with Gasteiger partial charge in [-0.25, -0.2) is 0 Å². The van der Waals surface area contributed by atoms with Crippen LogP contribution in [0.4, 0.5) is 5.69 Å². The van der Waals surface area contributed by atoms with Crippen LogP contribution >= 0.6 is 23.7 Å². The van der Waals surface area contributed by atoms with Crippen molar-refractivity contribution >= 4 is 29.4 Å². The summed E-state index contributed by atoms with van der Waals surface area (Å²) in [7, 11) is 0. The van der Waals surface area contributed by atoms with Gasteiger partial charge >= 0.3 is 0 Å². The Kier molecular flexibility index (Phi) is 5.83. The van der Waals surface area contributed by atoms with Crippen LogP contribution in [0, 0.1) is 0 Å². The highest BCUT2D eigenvalue weighted by Gasteiger charge is 2.36. The number of ether oxygens (including phenoxy) is 1.